The molecule has 1 saturated heterocycles. The molecule has 1 aromatic rings. The average Bonchev–Trinajstić information content (AvgIpc) is 2.71. The fourth-order valence-electron chi connectivity index (χ4n) is 1.61. The van der Waals surface area contributed by atoms with Gasteiger partial charge in [-0.05, 0) is 18.2 Å². The summed E-state index contributed by atoms with van der Waals surface area (Å²) in [4.78, 5) is 46.0. The lowest BCUT2D eigenvalue weighted by atomic mass is 10.2. The molecule has 20 heavy (non-hydrogen) atoms. The zero-order valence-electron chi connectivity index (χ0n) is 10.2. The maximum atomic E-state index is 11.7. The summed E-state index contributed by atoms with van der Waals surface area (Å²) < 4.78 is 0. The summed E-state index contributed by atoms with van der Waals surface area (Å²) in [6, 6.07) is 5.69. The number of carboxylic acids is 1. The highest BCUT2D eigenvalue weighted by atomic mass is 32.2. The molecule has 0 unspecified atom stereocenters. The Hall–Kier alpha value is -2.35. The Kier molecular flexibility index (Phi) is 4.04. The Balaban J connectivity index is 2.01. The first-order chi connectivity index (χ1) is 9.47. The lowest BCUT2D eigenvalue weighted by molar-refractivity contribution is -0.128. The lowest BCUT2D eigenvalue weighted by Crippen LogP contribution is -2.36. The number of amides is 3. The Morgan fingerprint density at radius 1 is 1.35 bits per heavy atom. The summed E-state index contributed by atoms with van der Waals surface area (Å²) in [5.74, 6) is -2.03. The molecule has 2 N–H and O–H groups in total. The van der Waals surface area contributed by atoms with Crippen LogP contribution in [0.3, 0.4) is 0 Å². The van der Waals surface area contributed by atoms with Crippen LogP contribution >= 0.6 is 11.8 Å². The number of nitrogens with one attached hydrogen (secondary N) is 1. The van der Waals surface area contributed by atoms with E-state index in [0.717, 1.165) is 16.7 Å². The van der Waals surface area contributed by atoms with Gasteiger partial charge in [0.25, 0.3) is 5.24 Å². The minimum absolute atomic E-state index is 0.0340. The molecule has 0 saturated carbocycles. The molecule has 1 aliphatic rings. The van der Waals surface area contributed by atoms with Gasteiger partial charge in [0.1, 0.15) is 6.54 Å². The van der Waals surface area contributed by atoms with Gasteiger partial charge in [0.2, 0.25) is 11.8 Å². The molecule has 8 heteroatoms. The summed E-state index contributed by atoms with van der Waals surface area (Å²) in [6.07, 6.45) is 0. The van der Waals surface area contributed by atoms with E-state index in [1.165, 1.54) is 24.3 Å². The molecule has 1 heterocycles. The fraction of sp³-hybridized carbons (Fsp3) is 0.167. The van der Waals surface area contributed by atoms with E-state index in [9.17, 15) is 19.2 Å². The maximum Gasteiger partial charge on any atom is 0.335 e. The Bertz CT molecular complexity index is 585. The molecule has 0 spiro atoms. The van der Waals surface area contributed by atoms with E-state index < -0.39 is 23.0 Å². The molecule has 0 aliphatic carbocycles. The van der Waals surface area contributed by atoms with Crippen molar-refractivity contribution in [2.24, 2.45) is 0 Å². The van der Waals surface area contributed by atoms with Crippen LogP contribution < -0.4 is 5.32 Å². The van der Waals surface area contributed by atoms with Crippen LogP contribution in [0.2, 0.25) is 0 Å². The number of benzene rings is 1. The molecule has 0 atom stereocenters. The minimum atomic E-state index is -1.11. The van der Waals surface area contributed by atoms with Crippen molar-refractivity contribution in [3.8, 4) is 0 Å². The molecular formula is C12H10N2O5S. The third-order valence-electron chi connectivity index (χ3n) is 2.54. The molecule has 7 nitrogen and oxygen atoms in total. The molecule has 0 aromatic heterocycles. The fourth-order valence-corrected chi connectivity index (χ4v) is 2.33. The number of nitrogens with zero attached hydrogens (tertiary/aromatic N) is 1. The number of carbonyl (C=O) groups excluding carboxylic acids is 3. The van der Waals surface area contributed by atoms with Gasteiger partial charge in [-0.25, -0.2) is 4.79 Å². The molecule has 1 fully saturated rings. The molecule has 0 radical (unpaired) electrons. The van der Waals surface area contributed by atoms with Crippen LogP contribution in [0.15, 0.2) is 24.3 Å². The standard InChI is InChI=1S/C12H10N2O5S/c15-9(5-14-10(16)6-20-12(14)19)13-8-3-1-2-7(4-8)11(17)18/h1-4H,5-6H2,(H,13,15)(H,17,18). The van der Waals surface area contributed by atoms with Gasteiger partial charge in [-0.3, -0.25) is 19.3 Å². The van der Waals surface area contributed by atoms with E-state index in [1.54, 1.807) is 0 Å². The van der Waals surface area contributed by atoms with Gasteiger partial charge in [-0.15, -0.1) is 0 Å². The predicted molar refractivity (Wildman–Crippen MR) is 71.6 cm³/mol. The Morgan fingerprint density at radius 3 is 2.70 bits per heavy atom. The van der Waals surface area contributed by atoms with E-state index in [1.807, 2.05) is 0 Å². The third-order valence-corrected chi connectivity index (χ3v) is 3.39. The van der Waals surface area contributed by atoms with E-state index in [4.69, 9.17) is 5.11 Å². The topological polar surface area (TPSA) is 104 Å². The van der Waals surface area contributed by atoms with Crippen molar-refractivity contribution in [2.45, 2.75) is 0 Å². The number of rotatable bonds is 4. The second kappa shape index (κ2) is 5.74. The second-order valence-corrected chi connectivity index (χ2v) is 4.90. The van der Waals surface area contributed by atoms with Crippen LogP contribution in [-0.4, -0.2) is 45.3 Å². The van der Waals surface area contributed by atoms with Crippen LogP contribution in [0, 0.1) is 0 Å². The van der Waals surface area contributed by atoms with Gasteiger partial charge in [0.15, 0.2) is 0 Å². The third kappa shape index (κ3) is 3.15. The summed E-state index contributed by atoms with van der Waals surface area (Å²) in [5.41, 5.74) is 0.327. The van der Waals surface area contributed by atoms with E-state index in [0.29, 0.717) is 5.69 Å². The smallest absolute Gasteiger partial charge is 0.335 e. The Morgan fingerprint density at radius 2 is 2.10 bits per heavy atom. The summed E-state index contributed by atoms with van der Waals surface area (Å²) in [7, 11) is 0. The highest BCUT2D eigenvalue weighted by molar-refractivity contribution is 8.14. The molecule has 0 bridgehead atoms. The van der Waals surface area contributed by atoms with Gasteiger partial charge in [-0.2, -0.15) is 0 Å². The molecule has 104 valence electrons. The monoisotopic (exact) mass is 294 g/mol. The van der Waals surface area contributed by atoms with Crippen molar-refractivity contribution in [3.63, 3.8) is 0 Å². The van der Waals surface area contributed by atoms with Gasteiger partial charge in [-0.1, -0.05) is 17.8 Å². The number of hydrogen-bond acceptors (Lipinski definition) is 5. The van der Waals surface area contributed by atoms with Crippen molar-refractivity contribution in [2.75, 3.05) is 17.6 Å². The number of thioether (sulfide) groups is 1. The number of carbonyl (C=O) groups is 4. The lowest BCUT2D eigenvalue weighted by Gasteiger charge is -2.12. The van der Waals surface area contributed by atoms with Crippen molar-refractivity contribution in [3.05, 3.63) is 29.8 Å². The van der Waals surface area contributed by atoms with Crippen molar-refractivity contribution >= 4 is 40.5 Å². The summed E-state index contributed by atoms with van der Waals surface area (Å²) in [5, 5.41) is 10.8. The first kappa shape index (κ1) is 14.1. The van der Waals surface area contributed by atoms with Gasteiger partial charge >= 0.3 is 5.97 Å². The maximum absolute atomic E-state index is 11.7. The van der Waals surface area contributed by atoms with Crippen molar-refractivity contribution in [1.29, 1.82) is 0 Å². The van der Waals surface area contributed by atoms with Crippen LogP contribution in [0.1, 0.15) is 10.4 Å². The first-order valence-corrected chi connectivity index (χ1v) is 6.56. The summed E-state index contributed by atoms with van der Waals surface area (Å²) in [6.45, 7) is -0.373. The summed E-state index contributed by atoms with van der Waals surface area (Å²) >= 11 is 0.848. The van der Waals surface area contributed by atoms with Crippen LogP contribution in [-0.2, 0) is 9.59 Å². The van der Waals surface area contributed by atoms with Crippen LogP contribution in [0.4, 0.5) is 10.5 Å². The number of anilines is 1. The van der Waals surface area contributed by atoms with Gasteiger partial charge in [0.05, 0.1) is 11.3 Å². The number of carboxylic acid groups (broad SMARTS) is 1. The van der Waals surface area contributed by atoms with E-state index in [2.05, 4.69) is 5.32 Å². The SMILES string of the molecule is O=C(CN1C(=O)CSC1=O)Nc1cccc(C(=O)O)c1. The van der Waals surface area contributed by atoms with E-state index in [-0.39, 0.29) is 17.9 Å². The minimum Gasteiger partial charge on any atom is -0.478 e. The van der Waals surface area contributed by atoms with Crippen molar-refractivity contribution < 1.29 is 24.3 Å². The molecule has 2 rings (SSSR count). The van der Waals surface area contributed by atoms with E-state index >= 15 is 0 Å². The predicted octanol–water partition coefficient (Wildman–Crippen LogP) is 1.02. The van der Waals surface area contributed by atoms with Crippen molar-refractivity contribution in [1.82, 2.24) is 4.90 Å². The quantitative estimate of drug-likeness (QED) is 0.859. The second-order valence-electron chi connectivity index (χ2n) is 3.97. The Labute approximate surface area is 117 Å². The largest absolute Gasteiger partial charge is 0.478 e. The highest BCUT2D eigenvalue weighted by Crippen LogP contribution is 2.18. The molecule has 1 aromatic carbocycles. The van der Waals surface area contributed by atoms with Gasteiger partial charge in [0, 0.05) is 5.69 Å². The molecule has 1 aliphatic heterocycles. The van der Waals surface area contributed by atoms with Crippen LogP contribution in [0.25, 0.3) is 0 Å². The average molecular weight is 294 g/mol. The highest BCUT2D eigenvalue weighted by Gasteiger charge is 2.31. The normalized spacial score (nSPS) is 14.5. The zero-order chi connectivity index (χ0) is 14.7. The van der Waals surface area contributed by atoms with Crippen LogP contribution in [0.5, 0.6) is 0 Å². The molecular weight excluding hydrogens is 284 g/mol. The number of hydrogen-bond donors (Lipinski definition) is 2. The van der Waals surface area contributed by atoms with Gasteiger partial charge < -0.3 is 10.4 Å². The number of aromatic carboxylic acids is 1. The number of imide groups is 1. The molecule has 3 amide bonds. The first-order valence-electron chi connectivity index (χ1n) is 5.57. The zero-order valence-corrected chi connectivity index (χ0v) is 11.0.